The highest BCUT2D eigenvalue weighted by Crippen LogP contribution is 2.25. The van der Waals surface area contributed by atoms with E-state index >= 15 is 0 Å². The molecule has 0 saturated carbocycles. The van der Waals surface area contributed by atoms with Gasteiger partial charge in [0.2, 0.25) is 0 Å². The highest BCUT2D eigenvalue weighted by Gasteiger charge is 2.30. The maximum Gasteiger partial charge on any atom is 0.318 e. The van der Waals surface area contributed by atoms with Gasteiger partial charge in [0.15, 0.2) is 16.4 Å². The van der Waals surface area contributed by atoms with E-state index in [-0.39, 0.29) is 11.5 Å². The van der Waals surface area contributed by atoms with Crippen molar-refractivity contribution >= 4 is 21.7 Å². The summed E-state index contributed by atoms with van der Waals surface area (Å²) < 4.78 is 28.1. The molecule has 0 radical (unpaired) electrons. The lowest BCUT2D eigenvalue weighted by molar-refractivity contribution is -0.149. The summed E-state index contributed by atoms with van der Waals surface area (Å²) in [4.78, 5) is 24.7. The summed E-state index contributed by atoms with van der Waals surface area (Å²) >= 11 is 0. The van der Waals surface area contributed by atoms with Crippen molar-refractivity contribution in [3.63, 3.8) is 0 Å². The molecule has 1 N–H and O–H groups in total. The van der Waals surface area contributed by atoms with Crippen molar-refractivity contribution in [3.05, 3.63) is 71.8 Å². The second-order valence-electron chi connectivity index (χ2n) is 6.53. The Morgan fingerprint density at radius 3 is 2.04 bits per heavy atom. The van der Waals surface area contributed by atoms with Crippen LogP contribution in [0.4, 0.5) is 0 Å². The van der Waals surface area contributed by atoms with E-state index in [0.29, 0.717) is 6.42 Å². The van der Waals surface area contributed by atoms with Crippen LogP contribution in [-0.2, 0) is 24.2 Å². The van der Waals surface area contributed by atoms with E-state index in [4.69, 9.17) is 4.74 Å². The van der Waals surface area contributed by atoms with Gasteiger partial charge in [-0.2, -0.15) is 0 Å². The number of sulfone groups is 1. The first-order valence-electron chi connectivity index (χ1n) is 8.71. The third-order valence-corrected chi connectivity index (χ3v) is 6.21. The lowest BCUT2D eigenvalue weighted by atomic mass is 9.91. The molecule has 7 heteroatoms. The monoisotopic (exact) mass is 387 g/mol. The Balaban J connectivity index is 1.64. The summed E-state index contributed by atoms with van der Waals surface area (Å²) in [5.41, 5.74) is 1.55. The van der Waals surface area contributed by atoms with Gasteiger partial charge in [0.05, 0.1) is 11.5 Å². The van der Waals surface area contributed by atoms with E-state index in [1.165, 1.54) is 0 Å². The van der Waals surface area contributed by atoms with Crippen LogP contribution < -0.4 is 5.32 Å². The third-order valence-electron chi connectivity index (χ3n) is 4.44. The van der Waals surface area contributed by atoms with E-state index < -0.39 is 40.3 Å². The van der Waals surface area contributed by atoms with Gasteiger partial charge in [0.1, 0.15) is 5.92 Å². The van der Waals surface area contributed by atoms with Crippen LogP contribution in [0.3, 0.4) is 0 Å². The number of hydrogen-bond acceptors (Lipinski definition) is 5. The minimum Gasteiger partial charge on any atom is -0.455 e. The zero-order chi connectivity index (χ0) is 19.3. The molecule has 2 aromatic carbocycles. The number of amides is 1. The first kappa shape index (κ1) is 19.1. The normalized spacial score (nSPS) is 18.2. The maximum absolute atomic E-state index is 12.7. The van der Waals surface area contributed by atoms with Crippen LogP contribution in [0.1, 0.15) is 23.5 Å². The number of esters is 1. The number of hydrogen-bond donors (Lipinski definition) is 1. The Hall–Kier alpha value is -2.67. The summed E-state index contributed by atoms with van der Waals surface area (Å²) in [6.45, 7) is -0.439. The average molecular weight is 387 g/mol. The molecule has 1 aliphatic heterocycles. The smallest absolute Gasteiger partial charge is 0.318 e. The van der Waals surface area contributed by atoms with E-state index in [2.05, 4.69) is 5.32 Å². The van der Waals surface area contributed by atoms with E-state index in [9.17, 15) is 18.0 Å². The van der Waals surface area contributed by atoms with Gasteiger partial charge in [-0.05, 0) is 17.5 Å². The Labute approximate surface area is 158 Å². The highest BCUT2D eigenvalue weighted by atomic mass is 32.2. The minimum atomic E-state index is -3.08. The summed E-state index contributed by atoms with van der Waals surface area (Å²) in [6, 6.07) is 18.0. The lowest BCUT2D eigenvalue weighted by Crippen LogP contribution is -2.38. The fourth-order valence-corrected chi connectivity index (χ4v) is 4.83. The zero-order valence-corrected chi connectivity index (χ0v) is 15.5. The van der Waals surface area contributed by atoms with Crippen LogP contribution in [-0.4, -0.2) is 44.4 Å². The maximum atomic E-state index is 12.7. The van der Waals surface area contributed by atoms with Crippen molar-refractivity contribution in [2.45, 2.75) is 18.4 Å². The van der Waals surface area contributed by atoms with E-state index in [1.807, 2.05) is 60.7 Å². The fourth-order valence-electron chi connectivity index (χ4n) is 3.15. The molecule has 0 bridgehead atoms. The molecule has 1 saturated heterocycles. The predicted octanol–water partition coefficient (Wildman–Crippen LogP) is 1.67. The second kappa shape index (κ2) is 8.35. The van der Waals surface area contributed by atoms with Crippen LogP contribution in [0.5, 0.6) is 0 Å². The van der Waals surface area contributed by atoms with E-state index in [1.54, 1.807) is 0 Å². The molecule has 142 valence electrons. The molecule has 1 atom stereocenters. The van der Waals surface area contributed by atoms with Gasteiger partial charge in [-0.15, -0.1) is 0 Å². The zero-order valence-electron chi connectivity index (χ0n) is 14.7. The SMILES string of the molecule is O=C(COC(=O)C(c1ccccc1)c1ccccc1)N[C@@H]1CCS(=O)(=O)C1. The minimum absolute atomic E-state index is 0.0661. The van der Waals surface area contributed by atoms with Crippen LogP contribution in [0.25, 0.3) is 0 Å². The topological polar surface area (TPSA) is 89.5 Å². The van der Waals surface area contributed by atoms with Crippen molar-refractivity contribution in [2.75, 3.05) is 18.1 Å². The lowest BCUT2D eigenvalue weighted by Gasteiger charge is -2.17. The summed E-state index contributed by atoms with van der Waals surface area (Å²) in [6.07, 6.45) is 0.388. The quantitative estimate of drug-likeness (QED) is 0.762. The summed E-state index contributed by atoms with van der Waals surface area (Å²) in [7, 11) is -3.08. The van der Waals surface area contributed by atoms with Gasteiger partial charge in [0, 0.05) is 6.04 Å². The molecule has 1 heterocycles. The Morgan fingerprint density at radius 2 is 1.56 bits per heavy atom. The molecule has 0 aromatic heterocycles. The molecule has 0 aliphatic carbocycles. The summed E-state index contributed by atoms with van der Waals surface area (Å²) in [5.74, 6) is -1.65. The van der Waals surface area contributed by atoms with Gasteiger partial charge in [-0.1, -0.05) is 60.7 Å². The molecule has 3 rings (SSSR count). The molecule has 2 aromatic rings. The Bertz CT molecular complexity index is 857. The number of carbonyl (C=O) groups is 2. The standard InChI is InChI=1S/C20H21NO5S/c22-18(21-17-11-12-27(24,25)14-17)13-26-20(23)19(15-7-3-1-4-8-15)16-9-5-2-6-10-16/h1-10,17,19H,11-14H2,(H,21,22)/t17-/m1/s1. The molecular formula is C20H21NO5S. The van der Waals surface area contributed by atoms with Crippen LogP contribution in [0, 0.1) is 0 Å². The Kier molecular flexibility index (Phi) is 5.91. The van der Waals surface area contributed by atoms with Gasteiger partial charge in [0.25, 0.3) is 5.91 Å². The molecule has 1 aliphatic rings. The second-order valence-corrected chi connectivity index (χ2v) is 8.76. The van der Waals surface area contributed by atoms with Crippen LogP contribution in [0.15, 0.2) is 60.7 Å². The number of ether oxygens (including phenoxy) is 1. The number of carbonyl (C=O) groups excluding carboxylic acids is 2. The summed E-state index contributed by atoms with van der Waals surface area (Å²) in [5, 5.41) is 2.61. The van der Waals surface area contributed by atoms with Crippen molar-refractivity contribution in [2.24, 2.45) is 0 Å². The Morgan fingerprint density at radius 1 is 1.00 bits per heavy atom. The largest absolute Gasteiger partial charge is 0.455 e. The third kappa shape index (κ3) is 5.17. The number of nitrogens with one attached hydrogen (secondary N) is 1. The van der Waals surface area contributed by atoms with Gasteiger partial charge in [-0.3, -0.25) is 9.59 Å². The van der Waals surface area contributed by atoms with Gasteiger partial charge >= 0.3 is 5.97 Å². The van der Waals surface area contributed by atoms with Gasteiger partial charge in [-0.25, -0.2) is 8.42 Å². The first-order valence-corrected chi connectivity index (χ1v) is 10.5. The number of benzene rings is 2. The highest BCUT2D eigenvalue weighted by molar-refractivity contribution is 7.91. The molecule has 1 fully saturated rings. The molecule has 0 unspecified atom stereocenters. The fraction of sp³-hybridized carbons (Fsp3) is 0.300. The average Bonchev–Trinajstić information content (AvgIpc) is 3.00. The van der Waals surface area contributed by atoms with Crippen molar-refractivity contribution in [3.8, 4) is 0 Å². The first-order chi connectivity index (χ1) is 12.9. The van der Waals surface area contributed by atoms with Crippen molar-refractivity contribution in [1.82, 2.24) is 5.32 Å². The molecule has 0 spiro atoms. The molecule has 1 amide bonds. The van der Waals surface area contributed by atoms with Crippen LogP contribution in [0.2, 0.25) is 0 Å². The molecule has 6 nitrogen and oxygen atoms in total. The molecule has 27 heavy (non-hydrogen) atoms. The van der Waals surface area contributed by atoms with Gasteiger partial charge < -0.3 is 10.1 Å². The van der Waals surface area contributed by atoms with Crippen molar-refractivity contribution in [1.29, 1.82) is 0 Å². The van der Waals surface area contributed by atoms with E-state index in [0.717, 1.165) is 11.1 Å². The van der Waals surface area contributed by atoms with Crippen molar-refractivity contribution < 1.29 is 22.7 Å². The number of rotatable bonds is 6. The van der Waals surface area contributed by atoms with Crippen LogP contribution >= 0.6 is 0 Å². The molecular weight excluding hydrogens is 366 g/mol. The predicted molar refractivity (Wildman–Crippen MR) is 101 cm³/mol.